The summed E-state index contributed by atoms with van der Waals surface area (Å²) in [5, 5.41) is 0. The van der Waals surface area contributed by atoms with E-state index in [4.69, 9.17) is 0 Å². The van der Waals surface area contributed by atoms with E-state index < -0.39 is 0 Å². The Morgan fingerprint density at radius 1 is 1.07 bits per heavy atom. The SMILES string of the molecule is O=C1N=CN=C2C=CC(=NC(=O)C3CCCN(C(=O)N4CCCC4)C3)C=C12. The van der Waals surface area contributed by atoms with Crippen LogP contribution in [0.25, 0.3) is 0 Å². The Labute approximate surface area is 157 Å². The lowest BCUT2D eigenvalue weighted by Crippen LogP contribution is -2.47. The molecule has 8 nitrogen and oxygen atoms in total. The van der Waals surface area contributed by atoms with Crippen LogP contribution in [0.2, 0.25) is 0 Å². The lowest BCUT2D eigenvalue weighted by molar-refractivity contribution is -0.122. The minimum Gasteiger partial charge on any atom is -0.325 e. The molecule has 3 aliphatic heterocycles. The fraction of sp³-hybridized carbons (Fsp3) is 0.474. The minimum atomic E-state index is -0.385. The average molecular weight is 367 g/mol. The summed E-state index contributed by atoms with van der Waals surface area (Å²) in [7, 11) is 0. The highest BCUT2D eigenvalue weighted by Gasteiger charge is 2.31. The van der Waals surface area contributed by atoms with E-state index in [1.807, 2.05) is 4.90 Å². The maximum absolute atomic E-state index is 12.7. The van der Waals surface area contributed by atoms with Gasteiger partial charge in [-0.05, 0) is 43.9 Å². The van der Waals surface area contributed by atoms with Gasteiger partial charge >= 0.3 is 6.03 Å². The maximum atomic E-state index is 12.7. The van der Waals surface area contributed by atoms with Crippen LogP contribution in [0, 0.1) is 5.92 Å². The molecule has 0 aromatic heterocycles. The molecule has 0 spiro atoms. The second kappa shape index (κ2) is 7.38. The van der Waals surface area contributed by atoms with Crippen LogP contribution in [0.15, 0.2) is 38.8 Å². The molecule has 1 aliphatic carbocycles. The molecular formula is C19H21N5O3. The molecule has 0 aromatic rings. The lowest BCUT2D eigenvalue weighted by Gasteiger charge is -2.34. The van der Waals surface area contributed by atoms with Crippen LogP contribution in [-0.4, -0.2) is 71.6 Å². The highest BCUT2D eigenvalue weighted by Crippen LogP contribution is 2.21. The number of fused-ring (bicyclic) bond motifs is 1. The van der Waals surface area contributed by atoms with Crippen molar-refractivity contribution in [2.75, 3.05) is 26.2 Å². The number of likely N-dealkylation sites (tertiary alicyclic amines) is 2. The quantitative estimate of drug-likeness (QED) is 0.655. The summed E-state index contributed by atoms with van der Waals surface area (Å²) < 4.78 is 0. The smallest absolute Gasteiger partial charge is 0.320 e. The van der Waals surface area contributed by atoms with Gasteiger partial charge in [-0.2, -0.15) is 4.99 Å². The Morgan fingerprint density at radius 2 is 1.85 bits per heavy atom. The van der Waals surface area contributed by atoms with Gasteiger partial charge in [0.1, 0.15) is 6.34 Å². The van der Waals surface area contributed by atoms with Crippen molar-refractivity contribution in [2.45, 2.75) is 25.7 Å². The maximum Gasteiger partial charge on any atom is 0.320 e. The first-order valence-corrected chi connectivity index (χ1v) is 9.33. The van der Waals surface area contributed by atoms with Gasteiger partial charge in [0.05, 0.1) is 22.9 Å². The zero-order valence-electron chi connectivity index (χ0n) is 15.0. The first-order valence-electron chi connectivity index (χ1n) is 9.33. The number of hydrogen-bond acceptors (Lipinski definition) is 4. The number of urea groups is 1. The van der Waals surface area contributed by atoms with E-state index in [0.717, 1.165) is 38.8 Å². The fourth-order valence-corrected chi connectivity index (χ4v) is 3.77. The monoisotopic (exact) mass is 367 g/mol. The van der Waals surface area contributed by atoms with Gasteiger partial charge in [0.2, 0.25) is 0 Å². The molecule has 1 unspecified atom stereocenters. The van der Waals surface area contributed by atoms with E-state index in [0.29, 0.717) is 30.1 Å². The number of amides is 4. The second-order valence-corrected chi connectivity index (χ2v) is 7.09. The number of piperidine rings is 1. The van der Waals surface area contributed by atoms with E-state index in [9.17, 15) is 14.4 Å². The van der Waals surface area contributed by atoms with E-state index in [1.54, 1.807) is 23.1 Å². The zero-order valence-corrected chi connectivity index (χ0v) is 15.0. The molecule has 4 amide bonds. The van der Waals surface area contributed by atoms with Gasteiger partial charge in [-0.25, -0.2) is 14.8 Å². The minimum absolute atomic E-state index is 0.0313. The Bertz CT molecular complexity index is 830. The molecule has 0 aromatic carbocycles. The second-order valence-electron chi connectivity index (χ2n) is 7.09. The number of hydrogen-bond donors (Lipinski definition) is 0. The van der Waals surface area contributed by atoms with Gasteiger partial charge in [-0.15, -0.1) is 0 Å². The molecular weight excluding hydrogens is 346 g/mol. The molecule has 0 bridgehead atoms. The zero-order chi connectivity index (χ0) is 18.8. The first kappa shape index (κ1) is 17.5. The average Bonchev–Trinajstić information content (AvgIpc) is 3.23. The Hall–Kier alpha value is -2.90. The van der Waals surface area contributed by atoms with Gasteiger partial charge in [0.25, 0.3) is 11.8 Å². The summed E-state index contributed by atoms with van der Waals surface area (Å²) in [5.41, 5.74) is 1.30. The van der Waals surface area contributed by atoms with Crippen LogP contribution in [0.3, 0.4) is 0 Å². The van der Waals surface area contributed by atoms with Crippen LogP contribution < -0.4 is 0 Å². The van der Waals surface area contributed by atoms with Crippen LogP contribution in [0.1, 0.15) is 25.7 Å². The highest BCUT2D eigenvalue weighted by atomic mass is 16.2. The third kappa shape index (κ3) is 3.65. The molecule has 2 saturated heterocycles. The van der Waals surface area contributed by atoms with E-state index in [2.05, 4.69) is 15.0 Å². The predicted molar refractivity (Wildman–Crippen MR) is 101 cm³/mol. The van der Waals surface area contributed by atoms with Crippen molar-refractivity contribution < 1.29 is 14.4 Å². The van der Waals surface area contributed by atoms with Crippen LogP contribution in [0.4, 0.5) is 4.79 Å². The third-order valence-corrected chi connectivity index (χ3v) is 5.24. The van der Waals surface area contributed by atoms with Crippen LogP contribution >= 0.6 is 0 Å². The molecule has 0 radical (unpaired) electrons. The standard InChI is InChI=1S/C19H21N5O3/c25-17(22-14-5-6-16-15(10-14)18(26)21-12-20-16)13-4-3-9-24(11-13)19(27)23-7-1-2-8-23/h5-6,10,12-13H,1-4,7-9,11H2. The van der Waals surface area contributed by atoms with Crippen molar-refractivity contribution in [3.05, 3.63) is 23.8 Å². The van der Waals surface area contributed by atoms with E-state index in [1.165, 1.54) is 6.34 Å². The normalized spacial score (nSPS) is 26.1. The molecule has 4 rings (SSSR count). The number of carbonyl (C=O) groups excluding carboxylic acids is 3. The molecule has 1 atom stereocenters. The van der Waals surface area contributed by atoms with E-state index >= 15 is 0 Å². The van der Waals surface area contributed by atoms with E-state index in [-0.39, 0.29) is 23.8 Å². The van der Waals surface area contributed by atoms with Crippen molar-refractivity contribution >= 4 is 35.6 Å². The van der Waals surface area contributed by atoms with Crippen molar-refractivity contribution in [1.29, 1.82) is 0 Å². The van der Waals surface area contributed by atoms with Gasteiger partial charge in [-0.3, -0.25) is 9.59 Å². The molecule has 8 heteroatoms. The number of allylic oxidation sites excluding steroid dienone is 3. The largest absolute Gasteiger partial charge is 0.325 e. The summed E-state index contributed by atoms with van der Waals surface area (Å²) in [5.74, 6) is -0.943. The molecule has 140 valence electrons. The summed E-state index contributed by atoms with van der Waals surface area (Å²) in [6, 6.07) is 0.0313. The molecule has 4 aliphatic rings. The lowest BCUT2D eigenvalue weighted by atomic mass is 9.97. The summed E-state index contributed by atoms with van der Waals surface area (Å²) in [6.07, 6.45) is 9.70. The van der Waals surface area contributed by atoms with Crippen molar-refractivity contribution in [3.63, 3.8) is 0 Å². The molecule has 3 heterocycles. The van der Waals surface area contributed by atoms with Crippen molar-refractivity contribution in [3.8, 4) is 0 Å². The number of rotatable bonds is 1. The van der Waals surface area contributed by atoms with Gasteiger partial charge < -0.3 is 9.80 Å². The van der Waals surface area contributed by atoms with Crippen LogP contribution in [-0.2, 0) is 9.59 Å². The Morgan fingerprint density at radius 3 is 2.67 bits per heavy atom. The summed E-state index contributed by atoms with van der Waals surface area (Å²) in [4.78, 5) is 52.6. The predicted octanol–water partition coefficient (Wildman–Crippen LogP) is 1.39. The Balaban J connectivity index is 1.44. The van der Waals surface area contributed by atoms with Gasteiger partial charge in [0.15, 0.2) is 0 Å². The van der Waals surface area contributed by atoms with Gasteiger partial charge in [-0.1, -0.05) is 0 Å². The highest BCUT2D eigenvalue weighted by molar-refractivity contribution is 6.36. The topological polar surface area (TPSA) is 94.8 Å². The number of aliphatic imine (C=N–C) groups is 3. The Kier molecular flexibility index (Phi) is 4.79. The molecule has 0 N–H and O–H groups in total. The fourth-order valence-electron chi connectivity index (χ4n) is 3.77. The molecule has 2 fully saturated rings. The van der Waals surface area contributed by atoms with Gasteiger partial charge in [0, 0.05) is 26.2 Å². The van der Waals surface area contributed by atoms with Crippen molar-refractivity contribution in [2.24, 2.45) is 20.9 Å². The number of nitrogens with zero attached hydrogens (tertiary/aromatic N) is 5. The van der Waals surface area contributed by atoms with Crippen molar-refractivity contribution in [1.82, 2.24) is 9.80 Å². The third-order valence-electron chi connectivity index (χ3n) is 5.24. The summed E-state index contributed by atoms with van der Waals surface area (Å²) >= 11 is 0. The summed E-state index contributed by atoms with van der Waals surface area (Å²) in [6.45, 7) is 2.69. The first-order chi connectivity index (χ1) is 13.1. The van der Waals surface area contributed by atoms with Crippen LogP contribution in [0.5, 0.6) is 0 Å². The number of carbonyl (C=O) groups is 3. The molecule has 0 saturated carbocycles. The molecule has 27 heavy (non-hydrogen) atoms.